The van der Waals surface area contributed by atoms with Crippen molar-refractivity contribution < 1.29 is 67.8 Å². The molecule has 3 aromatic rings. The van der Waals surface area contributed by atoms with Crippen LogP contribution in [0.5, 0.6) is 0 Å². The fourth-order valence-electron chi connectivity index (χ4n) is 10.1. The normalized spacial score (nSPS) is 31.9. The van der Waals surface area contributed by atoms with Crippen molar-refractivity contribution in [2.45, 2.75) is 108 Å². The number of esters is 4. The SMILES string of the molecule is CC(=O)O[C@H]1C(=O)[C@@]2(C)C([C@H](OC(C)=O)[C@]3(O)C[C@H](OC(=O)[C@H](O)[C@@H](NC(=O)c4ccccc4)c4ccccc4)C(C)=C1C3(C)C)[C@]1(OC(=O)c3ccccc3)CO[C@@H]1C[C@@H]2O. The maximum absolute atomic E-state index is 15.5. The molecule has 0 aromatic heterocycles. The van der Waals surface area contributed by atoms with E-state index < -0.39 is 113 Å². The Bertz CT molecular complexity index is 2280. The van der Waals surface area contributed by atoms with E-state index in [4.69, 9.17) is 23.7 Å². The third kappa shape index (κ3) is 7.29. The molecule has 0 radical (unpaired) electrons. The minimum absolute atomic E-state index is 0.00192. The zero-order valence-electron chi connectivity index (χ0n) is 35.2. The maximum atomic E-state index is 15.5. The van der Waals surface area contributed by atoms with E-state index in [2.05, 4.69) is 5.32 Å². The van der Waals surface area contributed by atoms with Gasteiger partial charge in [0.05, 0.1) is 35.6 Å². The molecule has 15 nitrogen and oxygen atoms in total. The lowest BCUT2D eigenvalue weighted by atomic mass is 9.44. The number of Topliss-reactive ketones (excluding diaryl/α,β-unsaturated/α-hetero) is 1. The summed E-state index contributed by atoms with van der Waals surface area (Å²) in [5.74, 6) is -6.84. The van der Waals surface area contributed by atoms with Crippen molar-refractivity contribution in [1.82, 2.24) is 5.32 Å². The lowest BCUT2D eigenvalue weighted by Gasteiger charge is -2.67. The van der Waals surface area contributed by atoms with Gasteiger partial charge in [-0.2, -0.15) is 0 Å². The third-order valence-corrected chi connectivity index (χ3v) is 13.5. The van der Waals surface area contributed by atoms with Crippen molar-refractivity contribution in [3.05, 3.63) is 119 Å². The number of fused-ring (bicyclic) bond motifs is 5. The number of aliphatic hydroxyl groups excluding tert-OH is 2. The summed E-state index contributed by atoms with van der Waals surface area (Å²) in [6.07, 6.45) is -10.5. The molecule has 3 aliphatic carbocycles. The van der Waals surface area contributed by atoms with Gasteiger partial charge in [0.2, 0.25) is 0 Å². The number of benzene rings is 3. The molecule has 4 aliphatic rings. The van der Waals surface area contributed by atoms with Crippen LogP contribution >= 0.6 is 0 Å². The number of amides is 1. The Hall–Kier alpha value is -5.74. The Labute approximate surface area is 358 Å². The number of rotatable bonds is 10. The van der Waals surface area contributed by atoms with E-state index >= 15 is 4.79 Å². The first kappa shape index (κ1) is 44.3. The quantitative estimate of drug-likeness (QED) is 0.130. The van der Waals surface area contributed by atoms with Crippen molar-refractivity contribution >= 4 is 35.6 Å². The molecule has 62 heavy (non-hydrogen) atoms. The molecule has 3 aromatic carbocycles. The van der Waals surface area contributed by atoms with Crippen LogP contribution in [-0.4, -0.2) is 105 Å². The Balaban J connectivity index is 1.36. The molecule has 1 aliphatic heterocycles. The van der Waals surface area contributed by atoms with E-state index in [1.54, 1.807) is 92.7 Å². The molecule has 1 saturated heterocycles. The van der Waals surface area contributed by atoms with Gasteiger partial charge in [-0.05, 0) is 54.8 Å². The van der Waals surface area contributed by atoms with E-state index in [0.717, 1.165) is 13.8 Å². The van der Waals surface area contributed by atoms with E-state index in [1.165, 1.54) is 26.0 Å². The Morgan fingerprint density at radius 3 is 1.94 bits per heavy atom. The van der Waals surface area contributed by atoms with Crippen LogP contribution in [0.15, 0.2) is 102 Å². The molecule has 7 rings (SSSR count). The van der Waals surface area contributed by atoms with Gasteiger partial charge in [-0.15, -0.1) is 0 Å². The fraction of sp³-hybridized carbons (Fsp3) is 0.447. The lowest BCUT2D eigenvalue weighted by molar-refractivity contribution is -0.343. The highest BCUT2D eigenvalue weighted by molar-refractivity contribution is 5.96. The molecule has 1 heterocycles. The molecule has 328 valence electrons. The molecule has 2 bridgehead atoms. The van der Waals surface area contributed by atoms with Gasteiger partial charge in [0.15, 0.2) is 23.6 Å². The maximum Gasteiger partial charge on any atom is 0.338 e. The highest BCUT2D eigenvalue weighted by Crippen LogP contribution is 2.64. The van der Waals surface area contributed by atoms with Gasteiger partial charge in [0, 0.05) is 37.7 Å². The monoisotopic (exact) mass is 853 g/mol. The summed E-state index contributed by atoms with van der Waals surface area (Å²) in [5, 5.41) is 40.1. The van der Waals surface area contributed by atoms with Crippen molar-refractivity contribution in [2.75, 3.05) is 6.61 Å². The molecule has 15 heteroatoms. The van der Waals surface area contributed by atoms with Gasteiger partial charge in [-0.3, -0.25) is 19.2 Å². The fourth-order valence-corrected chi connectivity index (χ4v) is 10.1. The average molecular weight is 854 g/mol. The van der Waals surface area contributed by atoms with Gasteiger partial charge in [0.1, 0.15) is 23.9 Å². The van der Waals surface area contributed by atoms with Crippen LogP contribution in [0.1, 0.15) is 86.7 Å². The first-order chi connectivity index (χ1) is 29.3. The first-order valence-electron chi connectivity index (χ1n) is 20.5. The zero-order chi connectivity index (χ0) is 44.9. The van der Waals surface area contributed by atoms with Crippen molar-refractivity contribution in [3.63, 3.8) is 0 Å². The van der Waals surface area contributed by atoms with Crippen LogP contribution in [0.4, 0.5) is 0 Å². The molecule has 11 atom stereocenters. The number of ketones is 1. The minimum Gasteiger partial charge on any atom is -0.459 e. The van der Waals surface area contributed by atoms with Crippen LogP contribution < -0.4 is 5.32 Å². The average Bonchev–Trinajstić information content (AvgIpc) is 3.24. The lowest BCUT2D eigenvalue weighted by Crippen LogP contribution is -2.82. The first-order valence-corrected chi connectivity index (χ1v) is 20.5. The topological polar surface area (TPSA) is 221 Å². The van der Waals surface area contributed by atoms with Crippen molar-refractivity contribution in [2.24, 2.45) is 16.7 Å². The summed E-state index contributed by atoms with van der Waals surface area (Å²) in [6, 6.07) is 23.1. The van der Waals surface area contributed by atoms with Crippen LogP contribution in [0.3, 0.4) is 0 Å². The molecule has 3 fully saturated rings. The second-order valence-electron chi connectivity index (χ2n) is 17.4. The molecule has 4 N–H and O–H groups in total. The molecule has 1 amide bonds. The summed E-state index contributed by atoms with van der Waals surface area (Å²) < 4.78 is 30.3. The number of carbonyl (C=O) groups excluding carboxylic acids is 6. The highest BCUT2D eigenvalue weighted by Gasteiger charge is 2.78. The predicted octanol–water partition coefficient (Wildman–Crippen LogP) is 3.74. The molecular weight excluding hydrogens is 803 g/mol. The van der Waals surface area contributed by atoms with Gasteiger partial charge in [-0.25, -0.2) is 9.59 Å². The van der Waals surface area contributed by atoms with Crippen LogP contribution in [-0.2, 0) is 42.9 Å². The van der Waals surface area contributed by atoms with E-state index in [-0.39, 0.29) is 35.3 Å². The van der Waals surface area contributed by atoms with Crippen LogP contribution in [0.25, 0.3) is 0 Å². The van der Waals surface area contributed by atoms with Crippen molar-refractivity contribution in [3.8, 4) is 0 Å². The van der Waals surface area contributed by atoms with Gasteiger partial charge < -0.3 is 44.3 Å². The number of nitrogens with one attached hydrogen (secondary N) is 1. The highest BCUT2D eigenvalue weighted by atomic mass is 16.6. The second-order valence-corrected chi connectivity index (χ2v) is 17.4. The minimum atomic E-state index is -2.36. The van der Waals surface area contributed by atoms with Crippen LogP contribution in [0.2, 0.25) is 0 Å². The largest absolute Gasteiger partial charge is 0.459 e. The predicted molar refractivity (Wildman–Crippen MR) is 218 cm³/mol. The Morgan fingerprint density at radius 2 is 1.39 bits per heavy atom. The summed E-state index contributed by atoms with van der Waals surface area (Å²) in [7, 11) is 0. The number of hydrogen-bond donors (Lipinski definition) is 4. The molecule has 1 unspecified atom stereocenters. The Morgan fingerprint density at radius 1 is 0.823 bits per heavy atom. The van der Waals surface area contributed by atoms with Gasteiger partial charge >= 0.3 is 23.9 Å². The standard InChI is InChI=1S/C47H51NO14/c1-25-31(61-43(56)36(52)35(28-16-10-7-11-17-28)48-41(54)29-18-12-8-13-19-29)23-47(57)40(60-27(3)50)38-45(6,39(53)37(59-26(2)49)34(25)44(47,4)5)32(51)22-33-46(38,24-58-33)62-42(55)30-20-14-9-15-21-30/h7-21,31-33,35-38,40,51-52,57H,22-24H2,1-6H3,(H,48,54)/t31-,32-,33+,35-,36+,37+,38?,40-,45+,46-,47+/m0/s1. The number of aliphatic hydroxyl groups is 3. The number of carbonyl (C=O) groups is 6. The summed E-state index contributed by atoms with van der Waals surface area (Å²) in [6.45, 7) is 7.90. The molecule has 0 spiro atoms. The summed E-state index contributed by atoms with van der Waals surface area (Å²) in [5.41, 5.74) is -6.92. The molecule has 2 saturated carbocycles. The second kappa shape index (κ2) is 16.5. The number of hydrogen-bond acceptors (Lipinski definition) is 14. The summed E-state index contributed by atoms with van der Waals surface area (Å²) in [4.78, 5) is 83.4. The van der Waals surface area contributed by atoms with E-state index in [9.17, 15) is 39.3 Å². The van der Waals surface area contributed by atoms with Crippen LogP contribution in [0, 0.1) is 16.7 Å². The van der Waals surface area contributed by atoms with E-state index in [1.807, 2.05) is 0 Å². The van der Waals surface area contributed by atoms with Crippen molar-refractivity contribution in [1.29, 1.82) is 0 Å². The van der Waals surface area contributed by atoms with Gasteiger partial charge in [0.25, 0.3) is 5.91 Å². The third-order valence-electron chi connectivity index (χ3n) is 13.5. The smallest absolute Gasteiger partial charge is 0.338 e. The zero-order valence-corrected chi connectivity index (χ0v) is 35.2. The molecular formula is C47H51NO14. The number of ether oxygens (including phenoxy) is 5. The summed E-state index contributed by atoms with van der Waals surface area (Å²) >= 11 is 0. The Kier molecular flexibility index (Phi) is 11.8. The van der Waals surface area contributed by atoms with Gasteiger partial charge in [-0.1, -0.05) is 80.6 Å². The van der Waals surface area contributed by atoms with E-state index in [0.29, 0.717) is 5.56 Å².